The van der Waals surface area contributed by atoms with Crippen LogP contribution in [0, 0.1) is 5.95 Å². The molecule has 2 aromatic rings. The molecule has 3 nitrogen and oxygen atoms in total. The number of hydrogen-bond acceptors (Lipinski definition) is 3. The molecule has 0 aliphatic heterocycles. The van der Waals surface area contributed by atoms with Gasteiger partial charge in [0.2, 0.25) is 5.95 Å². The van der Waals surface area contributed by atoms with Gasteiger partial charge in [0, 0.05) is 28.7 Å². The lowest BCUT2D eigenvalue weighted by Crippen LogP contribution is -1.95. The molecule has 1 aromatic carbocycles. The highest BCUT2D eigenvalue weighted by molar-refractivity contribution is 5.78. The Morgan fingerprint density at radius 2 is 1.87 bits per heavy atom. The van der Waals surface area contributed by atoms with Crippen molar-refractivity contribution in [1.29, 1.82) is 0 Å². The highest BCUT2D eigenvalue weighted by Crippen LogP contribution is 2.28. The summed E-state index contributed by atoms with van der Waals surface area (Å²) < 4.78 is 13.4. The molecule has 0 radical (unpaired) electrons. The van der Waals surface area contributed by atoms with Gasteiger partial charge in [0.1, 0.15) is 0 Å². The van der Waals surface area contributed by atoms with Crippen molar-refractivity contribution in [2.45, 2.75) is 0 Å². The molecule has 0 saturated carbocycles. The highest BCUT2D eigenvalue weighted by atomic mass is 19.1. The van der Waals surface area contributed by atoms with Crippen molar-refractivity contribution >= 4 is 11.4 Å². The molecule has 0 aliphatic rings. The zero-order valence-electron chi connectivity index (χ0n) is 7.94. The maximum atomic E-state index is 13.4. The zero-order chi connectivity index (χ0) is 10.8. The second kappa shape index (κ2) is 3.57. The Balaban J connectivity index is 2.64. The quantitative estimate of drug-likeness (QED) is 0.550. The van der Waals surface area contributed by atoms with Crippen LogP contribution in [0.2, 0.25) is 0 Å². The summed E-state index contributed by atoms with van der Waals surface area (Å²) in [6.45, 7) is 0. The van der Waals surface area contributed by atoms with Gasteiger partial charge in [-0.15, -0.1) is 0 Å². The first-order chi connectivity index (χ1) is 7.18. The van der Waals surface area contributed by atoms with E-state index in [0.29, 0.717) is 22.5 Å². The van der Waals surface area contributed by atoms with Gasteiger partial charge < -0.3 is 11.5 Å². The van der Waals surface area contributed by atoms with Gasteiger partial charge in [0.15, 0.2) is 0 Å². The summed E-state index contributed by atoms with van der Waals surface area (Å²) in [5.74, 6) is -0.546. The topological polar surface area (TPSA) is 64.9 Å². The molecule has 76 valence electrons. The number of benzene rings is 1. The normalized spacial score (nSPS) is 10.2. The summed E-state index contributed by atoms with van der Waals surface area (Å²) >= 11 is 0. The monoisotopic (exact) mass is 203 g/mol. The Kier molecular flexibility index (Phi) is 2.25. The minimum absolute atomic E-state index is 0.363. The number of pyridine rings is 1. The number of nitrogens with zero attached hydrogens (tertiary/aromatic N) is 1. The third-order valence-corrected chi connectivity index (χ3v) is 2.13. The van der Waals surface area contributed by atoms with E-state index in [1.54, 1.807) is 30.3 Å². The van der Waals surface area contributed by atoms with Crippen molar-refractivity contribution in [3.63, 3.8) is 0 Å². The van der Waals surface area contributed by atoms with Crippen LogP contribution in [0.4, 0.5) is 15.8 Å². The van der Waals surface area contributed by atoms with E-state index < -0.39 is 5.95 Å². The molecule has 1 aromatic heterocycles. The van der Waals surface area contributed by atoms with Gasteiger partial charge in [-0.05, 0) is 30.3 Å². The van der Waals surface area contributed by atoms with Crippen LogP contribution in [0.15, 0.2) is 36.5 Å². The standard InChI is InChI=1S/C11H10FN3/c12-11-8(2-1-5-15-11)9-6-7(13)3-4-10(9)14/h1-6H,13-14H2. The third-order valence-electron chi connectivity index (χ3n) is 2.13. The van der Waals surface area contributed by atoms with Gasteiger partial charge in [-0.3, -0.25) is 0 Å². The molecular weight excluding hydrogens is 193 g/mol. The number of aromatic nitrogens is 1. The lowest BCUT2D eigenvalue weighted by molar-refractivity contribution is 0.587. The number of halogens is 1. The first-order valence-corrected chi connectivity index (χ1v) is 4.44. The van der Waals surface area contributed by atoms with E-state index in [2.05, 4.69) is 4.98 Å². The van der Waals surface area contributed by atoms with Crippen LogP contribution in [0.1, 0.15) is 0 Å². The van der Waals surface area contributed by atoms with Gasteiger partial charge >= 0.3 is 0 Å². The fourth-order valence-electron chi connectivity index (χ4n) is 1.39. The third kappa shape index (κ3) is 1.74. The maximum absolute atomic E-state index is 13.4. The smallest absolute Gasteiger partial charge is 0.220 e. The SMILES string of the molecule is Nc1ccc(N)c(-c2cccnc2F)c1. The van der Waals surface area contributed by atoms with Crippen LogP contribution >= 0.6 is 0 Å². The predicted molar refractivity (Wildman–Crippen MR) is 58.5 cm³/mol. The van der Waals surface area contributed by atoms with Crippen molar-refractivity contribution in [1.82, 2.24) is 4.98 Å². The van der Waals surface area contributed by atoms with Crippen LogP contribution in [0.3, 0.4) is 0 Å². The average molecular weight is 203 g/mol. The van der Waals surface area contributed by atoms with Crippen LogP contribution < -0.4 is 11.5 Å². The number of nitrogen functional groups attached to an aromatic ring is 2. The number of hydrogen-bond donors (Lipinski definition) is 2. The van der Waals surface area contributed by atoms with E-state index in [1.807, 2.05) is 0 Å². The molecule has 1 heterocycles. The minimum Gasteiger partial charge on any atom is -0.399 e. The molecule has 0 spiro atoms. The Hall–Kier alpha value is -2.10. The summed E-state index contributed by atoms with van der Waals surface area (Å²) in [7, 11) is 0. The Labute approximate surface area is 86.6 Å². The Morgan fingerprint density at radius 3 is 2.60 bits per heavy atom. The number of nitrogens with two attached hydrogens (primary N) is 2. The van der Waals surface area contributed by atoms with E-state index in [1.165, 1.54) is 6.20 Å². The van der Waals surface area contributed by atoms with E-state index >= 15 is 0 Å². The van der Waals surface area contributed by atoms with Crippen LogP contribution in [0.5, 0.6) is 0 Å². The maximum Gasteiger partial charge on any atom is 0.220 e. The minimum atomic E-state index is -0.546. The number of rotatable bonds is 1. The zero-order valence-corrected chi connectivity index (χ0v) is 7.94. The molecule has 0 atom stereocenters. The van der Waals surface area contributed by atoms with Crippen LogP contribution in [0.25, 0.3) is 11.1 Å². The van der Waals surface area contributed by atoms with Gasteiger partial charge in [0.25, 0.3) is 0 Å². The predicted octanol–water partition coefficient (Wildman–Crippen LogP) is 2.05. The van der Waals surface area contributed by atoms with Crippen molar-refractivity contribution < 1.29 is 4.39 Å². The lowest BCUT2D eigenvalue weighted by atomic mass is 10.0. The lowest BCUT2D eigenvalue weighted by Gasteiger charge is -2.06. The summed E-state index contributed by atoms with van der Waals surface area (Å²) in [6.07, 6.45) is 1.39. The molecule has 15 heavy (non-hydrogen) atoms. The first-order valence-electron chi connectivity index (χ1n) is 4.44. The van der Waals surface area contributed by atoms with Crippen molar-refractivity contribution in [2.24, 2.45) is 0 Å². The van der Waals surface area contributed by atoms with E-state index in [0.717, 1.165) is 0 Å². The summed E-state index contributed by atoms with van der Waals surface area (Å²) in [4.78, 5) is 3.56. The largest absolute Gasteiger partial charge is 0.399 e. The van der Waals surface area contributed by atoms with E-state index in [4.69, 9.17) is 11.5 Å². The van der Waals surface area contributed by atoms with Crippen molar-refractivity contribution in [2.75, 3.05) is 11.5 Å². The molecule has 2 rings (SSSR count). The molecule has 0 fully saturated rings. The molecule has 4 heteroatoms. The molecule has 4 N–H and O–H groups in total. The Bertz CT molecular complexity index is 497. The fraction of sp³-hybridized carbons (Fsp3) is 0. The van der Waals surface area contributed by atoms with Crippen molar-refractivity contribution in [3.05, 3.63) is 42.5 Å². The second-order valence-corrected chi connectivity index (χ2v) is 3.19. The molecule has 0 amide bonds. The number of anilines is 2. The second-order valence-electron chi connectivity index (χ2n) is 3.19. The van der Waals surface area contributed by atoms with Crippen molar-refractivity contribution in [3.8, 4) is 11.1 Å². The molecular formula is C11H10FN3. The van der Waals surface area contributed by atoms with Gasteiger partial charge in [-0.25, -0.2) is 4.98 Å². The average Bonchev–Trinajstić information content (AvgIpc) is 2.23. The van der Waals surface area contributed by atoms with Crippen LogP contribution in [-0.2, 0) is 0 Å². The van der Waals surface area contributed by atoms with E-state index in [-0.39, 0.29) is 0 Å². The molecule has 0 saturated heterocycles. The summed E-state index contributed by atoms with van der Waals surface area (Å²) in [6, 6.07) is 8.23. The van der Waals surface area contributed by atoms with Gasteiger partial charge in [-0.2, -0.15) is 4.39 Å². The summed E-state index contributed by atoms with van der Waals surface area (Å²) in [5, 5.41) is 0. The van der Waals surface area contributed by atoms with E-state index in [9.17, 15) is 4.39 Å². The fourth-order valence-corrected chi connectivity index (χ4v) is 1.39. The first kappa shape index (κ1) is 9.45. The Morgan fingerprint density at radius 1 is 1.07 bits per heavy atom. The highest BCUT2D eigenvalue weighted by Gasteiger charge is 2.08. The molecule has 0 aliphatic carbocycles. The van der Waals surface area contributed by atoms with Crippen LogP contribution in [-0.4, -0.2) is 4.98 Å². The van der Waals surface area contributed by atoms with Gasteiger partial charge in [0.05, 0.1) is 0 Å². The summed E-state index contributed by atoms with van der Waals surface area (Å²) in [5.41, 5.74) is 13.3. The molecule has 0 unspecified atom stereocenters. The van der Waals surface area contributed by atoms with Gasteiger partial charge in [-0.1, -0.05) is 0 Å². The molecule has 0 bridgehead atoms.